The monoisotopic (exact) mass is 387 g/mol. The van der Waals surface area contributed by atoms with Gasteiger partial charge in [0.25, 0.3) is 0 Å². The van der Waals surface area contributed by atoms with Gasteiger partial charge in [-0.25, -0.2) is 0 Å². The van der Waals surface area contributed by atoms with Crippen molar-refractivity contribution >= 4 is 16.6 Å². The van der Waals surface area contributed by atoms with Gasteiger partial charge >= 0.3 is 6.18 Å². The number of ether oxygens (including phenoxy) is 1. The van der Waals surface area contributed by atoms with Crippen LogP contribution in [-0.4, -0.2) is 24.2 Å². The Morgan fingerprint density at radius 1 is 1.04 bits per heavy atom. The molecule has 7 heteroatoms. The highest BCUT2D eigenvalue weighted by Crippen LogP contribution is 2.37. The number of nitrogens with zero attached hydrogens (tertiary/aromatic N) is 2. The molecule has 4 nitrogen and oxygen atoms in total. The first-order valence-corrected chi connectivity index (χ1v) is 9.05. The Hall–Kier alpha value is -2.96. The fourth-order valence-electron chi connectivity index (χ4n) is 3.58. The fraction of sp³-hybridized carbons (Fsp3) is 0.286. The third-order valence-corrected chi connectivity index (χ3v) is 4.96. The molecule has 0 spiro atoms. The highest BCUT2D eigenvalue weighted by molar-refractivity contribution is 5.92. The van der Waals surface area contributed by atoms with Gasteiger partial charge in [-0.05, 0) is 36.4 Å². The van der Waals surface area contributed by atoms with Crippen LogP contribution in [0.15, 0.2) is 54.7 Å². The highest BCUT2D eigenvalue weighted by Gasteiger charge is 2.35. The minimum atomic E-state index is -4.44. The number of para-hydroxylation sites is 1. The third kappa shape index (κ3) is 3.69. The summed E-state index contributed by atoms with van der Waals surface area (Å²) in [7, 11) is 0. The molecule has 2 heterocycles. The Labute approximate surface area is 160 Å². The van der Waals surface area contributed by atoms with E-state index >= 15 is 0 Å². The molecule has 1 aliphatic rings. The number of hydrogen-bond donors (Lipinski definition) is 0. The maximum absolute atomic E-state index is 13.1. The Kier molecular flexibility index (Phi) is 4.75. The van der Waals surface area contributed by atoms with Crippen LogP contribution in [0.1, 0.15) is 18.4 Å². The number of anilines is 1. The molecule has 1 fully saturated rings. The zero-order chi connectivity index (χ0) is 19.7. The van der Waals surface area contributed by atoms with Crippen LogP contribution in [0.3, 0.4) is 0 Å². The van der Waals surface area contributed by atoms with E-state index in [1.165, 1.54) is 18.2 Å². The van der Waals surface area contributed by atoms with Crippen molar-refractivity contribution in [2.24, 2.45) is 0 Å². The second-order valence-corrected chi connectivity index (χ2v) is 6.81. The van der Waals surface area contributed by atoms with Crippen molar-refractivity contribution in [2.75, 3.05) is 18.0 Å². The summed E-state index contributed by atoms with van der Waals surface area (Å²) in [5.74, 6) is -0.206. The first-order chi connectivity index (χ1) is 13.4. The summed E-state index contributed by atoms with van der Waals surface area (Å²) >= 11 is 0. The van der Waals surface area contributed by atoms with Crippen molar-refractivity contribution in [3.05, 3.63) is 60.3 Å². The number of rotatable bonds is 3. The van der Waals surface area contributed by atoms with Crippen molar-refractivity contribution in [3.63, 3.8) is 0 Å². The molecule has 0 atom stereocenters. The van der Waals surface area contributed by atoms with Crippen molar-refractivity contribution < 1.29 is 23.0 Å². The Morgan fingerprint density at radius 3 is 2.54 bits per heavy atom. The molecular weight excluding hydrogens is 369 g/mol. The Bertz CT molecular complexity index is 983. The number of piperidine rings is 1. The summed E-state index contributed by atoms with van der Waals surface area (Å²) in [6.07, 6.45) is -1.85. The standard InChI is InChI=1S/C21H18F3N2O2/c22-21(23,24)17-3-1-2-4-20(17)28-15-8-11-26(12-9-15)19-7-10-25-18-6-5-14(27)13-16(18)19/h1-7,10,13,15H,8-9,11-12H2. The van der Waals surface area contributed by atoms with Crippen molar-refractivity contribution in [2.45, 2.75) is 25.1 Å². The van der Waals surface area contributed by atoms with Gasteiger partial charge < -0.3 is 9.64 Å². The molecule has 0 N–H and O–H groups in total. The maximum atomic E-state index is 13.1. The van der Waals surface area contributed by atoms with Gasteiger partial charge in [-0.2, -0.15) is 13.2 Å². The van der Waals surface area contributed by atoms with Crippen LogP contribution in [0.5, 0.6) is 11.5 Å². The van der Waals surface area contributed by atoms with E-state index in [9.17, 15) is 18.3 Å². The number of halogens is 3. The molecule has 2 aromatic carbocycles. The molecule has 1 aromatic heterocycles. The molecule has 3 aromatic rings. The molecule has 1 saturated heterocycles. The highest BCUT2D eigenvalue weighted by atomic mass is 19.4. The molecule has 0 aliphatic carbocycles. The van der Waals surface area contributed by atoms with Crippen molar-refractivity contribution in [1.29, 1.82) is 0 Å². The lowest BCUT2D eigenvalue weighted by molar-refractivity contribution is -0.139. The van der Waals surface area contributed by atoms with Gasteiger partial charge in [0, 0.05) is 43.2 Å². The summed E-state index contributed by atoms with van der Waals surface area (Å²) in [6.45, 7) is 1.25. The van der Waals surface area contributed by atoms with E-state index in [2.05, 4.69) is 9.88 Å². The second-order valence-electron chi connectivity index (χ2n) is 6.81. The minimum Gasteiger partial charge on any atom is -0.490 e. The molecule has 0 saturated carbocycles. The number of alkyl halides is 3. The van der Waals surface area contributed by atoms with Crippen LogP contribution < -0.4 is 9.64 Å². The van der Waals surface area contributed by atoms with Gasteiger partial charge in [-0.1, -0.05) is 12.1 Å². The average Bonchev–Trinajstić information content (AvgIpc) is 2.68. The quantitative estimate of drug-likeness (QED) is 0.601. The van der Waals surface area contributed by atoms with Gasteiger partial charge in [0.15, 0.2) is 5.75 Å². The lowest BCUT2D eigenvalue weighted by Crippen LogP contribution is -2.38. The fourth-order valence-corrected chi connectivity index (χ4v) is 3.58. The predicted molar refractivity (Wildman–Crippen MR) is 99.2 cm³/mol. The summed E-state index contributed by atoms with van der Waals surface area (Å²) < 4.78 is 45.1. The van der Waals surface area contributed by atoms with Crippen LogP contribution in [0.25, 0.3) is 10.9 Å². The van der Waals surface area contributed by atoms with E-state index in [1.54, 1.807) is 24.4 Å². The molecule has 145 valence electrons. The number of hydrogen-bond acceptors (Lipinski definition) is 3. The molecule has 0 unspecified atom stereocenters. The van der Waals surface area contributed by atoms with Crippen molar-refractivity contribution in [3.8, 4) is 11.5 Å². The van der Waals surface area contributed by atoms with E-state index in [4.69, 9.17) is 4.74 Å². The normalized spacial score (nSPS) is 15.8. The van der Waals surface area contributed by atoms with Crippen LogP contribution in [0.4, 0.5) is 18.9 Å². The SMILES string of the molecule is [O]c1ccc2nccc(N3CCC(Oc4ccccc4C(F)(F)F)CC3)c2c1. The lowest BCUT2D eigenvalue weighted by Gasteiger charge is -2.34. The van der Waals surface area contributed by atoms with Crippen LogP contribution in [0.2, 0.25) is 0 Å². The number of fused-ring (bicyclic) bond motifs is 1. The van der Waals surface area contributed by atoms with E-state index in [0.717, 1.165) is 22.7 Å². The summed E-state index contributed by atoms with van der Waals surface area (Å²) in [5.41, 5.74) is 0.909. The number of pyridine rings is 1. The number of aromatic nitrogens is 1. The van der Waals surface area contributed by atoms with Gasteiger partial charge in [0.1, 0.15) is 11.9 Å². The van der Waals surface area contributed by atoms with E-state index < -0.39 is 11.7 Å². The zero-order valence-electron chi connectivity index (χ0n) is 14.9. The van der Waals surface area contributed by atoms with Crippen molar-refractivity contribution in [1.82, 2.24) is 4.98 Å². The molecule has 1 aliphatic heterocycles. The first-order valence-electron chi connectivity index (χ1n) is 9.05. The largest absolute Gasteiger partial charge is 0.490 e. The van der Waals surface area contributed by atoms with Gasteiger partial charge in [-0.15, -0.1) is 0 Å². The van der Waals surface area contributed by atoms with E-state index in [-0.39, 0.29) is 17.6 Å². The molecule has 0 bridgehead atoms. The maximum Gasteiger partial charge on any atom is 0.419 e. The van der Waals surface area contributed by atoms with Crippen LogP contribution >= 0.6 is 0 Å². The third-order valence-electron chi connectivity index (χ3n) is 4.96. The summed E-state index contributed by atoms with van der Waals surface area (Å²) in [6, 6.07) is 11.9. The minimum absolute atomic E-state index is 0.0799. The molecule has 28 heavy (non-hydrogen) atoms. The molecule has 0 amide bonds. The van der Waals surface area contributed by atoms with E-state index in [0.29, 0.717) is 25.9 Å². The summed E-state index contributed by atoms with van der Waals surface area (Å²) in [5, 5.41) is 12.5. The average molecular weight is 387 g/mol. The topological polar surface area (TPSA) is 45.3 Å². The first kappa shape index (κ1) is 18.4. The van der Waals surface area contributed by atoms with Gasteiger partial charge in [0.05, 0.1) is 11.1 Å². The predicted octanol–water partition coefficient (Wildman–Crippen LogP) is 5.45. The smallest absolute Gasteiger partial charge is 0.419 e. The van der Waals surface area contributed by atoms with E-state index in [1.807, 2.05) is 6.07 Å². The molecule has 1 radical (unpaired) electrons. The molecule has 4 rings (SSSR count). The Morgan fingerprint density at radius 2 is 1.79 bits per heavy atom. The van der Waals surface area contributed by atoms with Crippen LogP contribution in [-0.2, 0) is 11.3 Å². The zero-order valence-corrected chi connectivity index (χ0v) is 14.9. The Balaban J connectivity index is 1.49. The van der Waals surface area contributed by atoms with Gasteiger partial charge in [0.2, 0.25) is 0 Å². The summed E-state index contributed by atoms with van der Waals surface area (Å²) in [4.78, 5) is 6.41. The number of benzene rings is 2. The lowest BCUT2D eigenvalue weighted by atomic mass is 10.0. The van der Waals surface area contributed by atoms with Gasteiger partial charge in [-0.3, -0.25) is 10.1 Å². The molecular formula is C21H18F3N2O2. The second kappa shape index (κ2) is 7.22. The van der Waals surface area contributed by atoms with Crippen LogP contribution in [0, 0.1) is 0 Å².